The first-order chi connectivity index (χ1) is 9.10. The molecule has 1 aromatic heterocycles. The summed E-state index contributed by atoms with van der Waals surface area (Å²) in [5, 5.41) is 9.27. The molecule has 2 aromatic rings. The summed E-state index contributed by atoms with van der Waals surface area (Å²) in [4.78, 5) is 16.4. The third-order valence-corrected chi connectivity index (χ3v) is 3.65. The predicted octanol–water partition coefficient (Wildman–Crippen LogP) is 3.08. The molecule has 6 heteroatoms. The number of benzene rings is 1. The number of thiazole rings is 1. The van der Waals surface area contributed by atoms with E-state index in [0.29, 0.717) is 17.1 Å². The Bertz CT molecular complexity index is 597. The molecule has 0 atom stereocenters. The molecule has 1 aromatic carbocycles. The molecule has 100 valence electrons. The summed E-state index contributed by atoms with van der Waals surface area (Å²) in [7, 11) is 1.77. The van der Waals surface area contributed by atoms with Gasteiger partial charge in [-0.2, -0.15) is 0 Å². The van der Waals surface area contributed by atoms with Gasteiger partial charge in [-0.1, -0.05) is 11.6 Å². The average Bonchev–Trinajstić information content (AvgIpc) is 2.81. The number of hydrogen-bond acceptors (Lipinski definition) is 4. The Kier molecular flexibility index (Phi) is 4.39. The van der Waals surface area contributed by atoms with Crippen LogP contribution in [-0.4, -0.2) is 17.9 Å². The van der Waals surface area contributed by atoms with Gasteiger partial charge in [-0.25, -0.2) is 4.98 Å². The third kappa shape index (κ3) is 3.45. The second-order valence-electron chi connectivity index (χ2n) is 3.98. The maximum Gasteiger partial charge on any atom is 0.253 e. The van der Waals surface area contributed by atoms with E-state index in [4.69, 9.17) is 11.6 Å². The van der Waals surface area contributed by atoms with Gasteiger partial charge in [0.2, 0.25) is 0 Å². The highest BCUT2D eigenvalue weighted by Gasteiger charge is 2.11. The molecule has 0 aliphatic heterocycles. The van der Waals surface area contributed by atoms with Crippen LogP contribution in [0, 0.1) is 6.92 Å². The number of anilines is 1. The molecule has 0 aliphatic carbocycles. The van der Waals surface area contributed by atoms with Gasteiger partial charge in [-0.05, 0) is 25.1 Å². The monoisotopic (exact) mass is 295 g/mol. The van der Waals surface area contributed by atoms with Crippen molar-refractivity contribution < 1.29 is 4.79 Å². The van der Waals surface area contributed by atoms with Crippen molar-refractivity contribution in [3.63, 3.8) is 0 Å². The summed E-state index contributed by atoms with van der Waals surface area (Å²) in [5.74, 6) is -0.169. The summed E-state index contributed by atoms with van der Waals surface area (Å²) in [6, 6.07) is 5.17. The zero-order chi connectivity index (χ0) is 13.8. The lowest BCUT2D eigenvalue weighted by molar-refractivity contribution is 0.0951. The van der Waals surface area contributed by atoms with Gasteiger partial charge < -0.3 is 10.6 Å². The number of halogens is 1. The van der Waals surface area contributed by atoms with Gasteiger partial charge in [0.25, 0.3) is 5.91 Å². The highest BCUT2D eigenvalue weighted by Crippen LogP contribution is 2.20. The smallest absolute Gasteiger partial charge is 0.253 e. The molecule has 1 heterocycles. The van der Waals surface area contributed by atoms with Crippen molar-refractivity contribution in [1.29, 1.82) is 0 Å². The summed E-state index contributed by atoms with van der Waals surface area (Å²) < 4.78 is 0. The van der Waals surface area contributed by atoms with Crippen molar-refractivity contribution in [3.8, 4) is 0 Å². The fourth-order valence-corrected chi connectivity index (χ4v) is 2.46. The van der Waals surface area contributed by atoms with E-state index in [9.17, 15) is 4.79 Å². The number of aromatic nitrogens is 1. The maximum atomic E-state index is 12.1. The molecule has 4 nitrogen and oxygen atoms in total. The van der Waals surface area contributed by atoms with Gasteiger partial charge in [-0.3, -0.25) is 4.79 Å². The van der Waals surface area contributed by atoms with Crippen molar-refractivity contribution >= 4 is 34.5 Å². The van der Waals surface area contributed by atoms with Gasteiger partial charge in [0.1, 0.15) is 0 Å². The molecule has 0 spiro atoms. The van der Waals surface area contributed by atoms with Crippen molar-refractivity contribution in [3.05, 3.63) is 44.9 Å². The van der Waals surface area contributed by atoms with E-state index in [1.807, 2.05) is 12.3 Å². The molecule has 0 bridgehead atoms. The number of carbonyl (C=O) groups is 1. The highest BCUT2D eigenvalue weighted by molar-refractivity contribution is 7.09. The van der Waals surface area contributed by atoms with Gasteiger partial charge in [0.15, 0.2) is 0 Å². The zero-order valence-corrected chi connectivity index (χ0v) is 12.2. The van der Waals surface area contributed by atoms with Crippen molar-refractivity contribution in [2.75, 3.05) is 12.4 Å². The summed E-state index contributed by atoms with van der Waals surface area (Å²) in [6.07, 6.45) is 0. The van der Waals surface area contributed by atoms with Gasteiger partial charge in [0.05, 0.1) is 22.8 Å². The number of hydrogen-bond donors (Lipinski definition) is 2. The Morgan fingerprint density at radius 3 is 2.89 bits per heavy atom. The lowest BCUT2D eigenvalue weighted by Gasteiger charge is -2.09. The Labute approximate surface area is 120 Å². The van der Waals surface area contributed by atoms with Crippen LogP contribution in [0.3, 0.4) is 0 Å². The summed E-state index contributed by atoms with van der Waals surface area (Å²) in [6.45, 7) is 2.35. The summed E-state index contributed by atoms with van der Waals surface area (Å²) in [5.41, 5.74) is 2.14. The number of nitrogens with zero attached hydrogens (tertiary/aromatic N) is 1. The number of nitrogens with one attached hydrogen (secondary N) is 2. The zero-order valence-electron chi connectivity index (χ0n) is 10.7. The normalized spacial score (nSPS) is 10.3. The van der Waals surface area contributed by atoms with Crippen molar-refractivity contribution in [2.24, 2.45) is 0 Å². The van der Waals surface area contributed by atoms with Crippen LogP contribution in [0.1, 0.15) is 21.1 Å². The van der Waals surface area contributed by atoms with Gasteiger partial charge in [0, 0.05) is 23.1 Å². The van der Waals surface area contributed by atoms with Gasteiger partial charge in [-0.15, -0.1) is 11.3 Å². The topological polar surface area (TPSA) is 54.0 Å². The first-order valence-corrected chi connectivity index (χ1v) is 7.02. The lowest BCUT2D eigenvalue weighted by Crippen LogP contribution is -2.23. The quantitative estimate of drug-likeness (QED) is 0.911. The van der Waals surface area contributed by atoms with Gasteiger partial charge >= 0.3 is 0 Å². The van der Waals surface area contributed by atoms with Crippen LogP contribution < -0.4 is 10.6 Å². The van der Waals surface area contributed by atoms with E-state index >= 15 is 0 Å². The number of rotatable bonds is 4. The highest BCUT2D eigenvalue weighted by atomic mass is 35.5. The Morgan fingerprint density at radius 2 is 2.26 bits per heavy atom. The molecule has 2 rings (SSSR count). The first kappa shape index (κ1) is 13.8. The molecule has 2 N–H and O–H groups in total. The summed E-state index contributed by atoms with van der Waals surface area (Å²) >= 11 is 7.49. The van der Waals surface area contributed by atoms with Crippen LogP contribution in [0.5, 0.6) is 0 Å². The molecule has 19 heavy (non-hydrogen) atoms. The molecule has 1 amide bonds. The van der Waals surface area contributed by atoms with Crippen LogP contribution in [0.2, 0.25) is 5.02 Å². The average molecular weight is 296 g/mol. The Morgan fingerprint density at radius 1 is 1.47 bits per heavy atom. The maximum absolute atomic E-state index is 12.1. The van der Waals surface area contributed by atoms with E-state index in [0.717, 1.165) is 16.4 Å². The fraction of sp³-hybridized carbons (Fsp3) is 0.231. The SMILES string of the molecule is CNc1ccc(Cl)cc1C(=O)NCc1csc(C)n1. The fourth-order valence-electron chi connectivity index (χ4n) is 1.68. The molecule has 0 fully saturated rings. The molecule has 0 saturated heterocycles. The predicted molar refractivity (Wildman–Crippen MR) is 79.0 cm³/mol. The third-order valence-electron chi connectivity index (χ3n) is 2.59. The number of amides is 1. The number of carbonyl (C=O) groups excluding carboxylic acids is 1. The minimum atomic E-state index is -0.169. The van der Waals surface area contributed by atoms with E-state index in [2.05, 4.69) is 15.6 Å². The van der Waals surface area contributed by atoms with E-state index in [-0.39, 0.29) is 5.91 Å². The first-order valence-electron chi connectivity index (χ1n) is 5.76. The van der Waals surface area contributed by atoms with E-state index in [1.165, 1.54) is 0 Å². The van der Waals surface area contributed by atoms with Crippen LogP contribution in [-0.2, 0) is 6.54 Å². The Balaban J connectivity index is 2.09. The largest absolute Gasteiger partial charge is 0.387 e. The molecular weight excluding hydrogens is 282 g/mol. The Hall–Kier alpha value is -1.59. The van der Waals surface area contributed by atoms with E-state index in [1.54, 1.807) is 36.6 Å². The van der Waals surface area contributed by atoms with Crippen LogP contribution in [0.15, 0.2) is 23.6 Å². The van der Waals surface area contributed by atoms with Crippen LogP contribution in [0.4, 0.5) is 5.69 Å². The molecule has 0 aliphatic rings. The molecular formula is C13H14ClN3OS. The van der Waals surface area contributed by atoms with Crippen molar-refractivity contribution in [1.82, 2.24) is 10.3 Å². The van der Waals surface area contributed by atoms with Crippen LogP contribution >= 0.6 is 22.9 Å². The molecule has 0 radical (unpaired) electrons. The van der Waals surface area contributed by atoms with Crippen LogP contribution in [0.25, 0.3) is 0 Å². The second-order valence-corrected chi connectivity index (χ2v) is 5.48. The van der Waals surface area contributed by atoms with Crippen molar-refractivity contribution in [2.45, 2.75) is 13.5 Å². The standard InChI is InChI=1S/C13H14ClN3OS/c1-8-17-10(7-19-8)6-16-13(18)11-5-9(14)3-4-12(11)15-2/h3-5,7,15H,6H2,1-2H3,(H,16,18). The number of aryl methyl sites for hydroxylation is 1. The minimum Gasteiger partial charge on any atom is -0.387 e. The van der Waals surface area contributed by atoms with E-state index < -0.39 is 0 Å². The minimum absolute atomic E-state index is 0.169. The lowest BCUT2D eigenvalue weighted by atomic mass is 10.1. The molecule has 0 unspecified atom stereocenters. The second kappa shape index (κ2) is 6.04. The molecule has 0 saturated carbocycles.